The van der Waals surface area contributed by atoms with E-state index in [1.165, 1.54) is 0 Å². The van der Waals surface area contributed by atoms with Crippen molar-refractivity contribution in [3.8, 4) is 0 Å². The fourth-order valence-corrected chi connectivity index (χ4v) is 2.53. The number of anilines is 1. The number of nitrogens with one attached hydrogen (secondary N) is 1. The van der Waals surface area contributed by atoms with Gasteiger partial charge in [0.2, 0.25) is 11.8 Å². The average molecular weight is 328 g/mol. The third kappa shape index (κ3) is 4.43. The minimum absolute atomic E-state index is 0. The number of carbonyl (C=O) groups is 2. The Bertz CT molecular complexity index is 545. The number of ether oxygens (including phenoxy) is 1. The van der Waals surface area contributed by atoms with Crippen LogP contribution in [0.1, 0.15) is 28.8 Å². The predicted molar refractivity (Wildman–Crippen MR) is 87.1 cm³/mol. The summed E-state index contributed by atoms with van der Waals surface area (Å²) in [6.45, 7) is 3.07. The van der Waals surface area contributed by atoms with E-state index in [2.05, 4.69) is 5.32 Å². The van der Waals surface area contributed by atoms with Crippen molar-refractivity contribution in [1.82, 2.24) is 0 Å². The van der Waals surface area contributed by atoms with Gasteiger partial charge in [0.25, 0.3) is 0 Å². The molecule has 0 spiro atoms. The highest BCUT2D eigenvalue weighted by Crippen LogP contribution is 2.20. The van der Waals surface area contributed by atoms with Crippen molar-refractivity contribution >= 4 is 29.9 Å². The molecular weight excluding hydrogens is 306 g/mol. The Hall–Kier alpha value is -1.63. The van der Waals surface area contributed by atoms with Crippen molar-refractivity contribution in [1.29, 1.82) is 0 Å². The number of primary amides is 1. The number of hydrogen-bond acceptors (Lipinski definition) is 4. The number of benzene rings is 1. The first kappa shape index (κ1) is 18.4. The van der Waals surface area contributed by atoms with Gasteiger partial charge in [-0.05, 0) is 49.4 Å². The van der Waals surface area contributed by atoms with Gasteiger partial charge in [0.05, 0.1) is 6.04 Å². The van der Waals surface area contributed by atoms with Crippen LogP contribution in [0.2, 0.25) is 0 Å². The van der Waals surface area contributed by atoms with E-state index in [4.69, 9.17) is 16.2 Å². The Morgan fingerprint density at radius 2 is 1.95 bits per heavy atom. The van der Waals surface area contributed by atoms with Crippen LogP contribution >= 0.6 is 12.4 Å². The van der Waals surface area contributed by atoms with Crippen LogP contribution in [0, 0.1) is 12.8 Å². The normalized spacial score (nSPS) is 16.5. The molecule has 1 aliphatic heterocycles. The number of hydrogen-bond donors (Lipinski definition) is 3. The zero-order chi connectivity index (χ0) is 15.4. The SMILES string of the molecule is Cc1cc(NC(=O)C(N)C2CCOCC2)ccc1C(N)=O.Cl. The molecule has 1 unspecified atom stereocenters. The van der Waals surface area contributed by atoms with Crippen LogP contribution in [0.4, 0.5) is 5.69 Å². The van der Waals surface area contributed by atoms with Crippen molar-refractivity contribution < 1.29 is 14.3 Å². The number of rotatable bonds is 4. The monoisotopic (exact) mass is 327 g/mol. The minimum atomic E-state index is -0.551. The number of aryl methyl sites for hydroxylation is 1. The number of carbonyl (C=O) groups excluding carboxylic acids is 2. The Kier molecular flexibility index (Phi) is 6.80. The first-order valence-corrected chi connectivity index (χ1v) is 7.03. The second-order valence-corrected chi connectivity index (χ2v) is 5.36. The molecule has 0 aromatic heterocycles. The van der Waals surface area contributed by atoms with Gasteiger partial charge >= 0.3 is 0 Å². The van der Waals surface area contributed by atoms with Gasteiger partial charge in [-0.2, -0.15) is 0 Å². The second kappa shape index (κ2) is 8.12. The maximum Gasteiger partial charge on any atom is 0.248 e. The summed E-state index contributed by atoms with van der Waals surface area (Å²) in [5, 5.41) is 2.79. The lowest BCUT2D eigenvalue weighted by molar-refractivity contribution is -0.119. The number of halogens is 1. The summed E-state index contributed by atoms with van der Waals surface area (Å²) in [7, 11) is 0. The molecule has 1 saturated heterocycles. The van der Waals surface area contributed by atoms with Crippen molar-refractivity contribution in [2.24, 2.45) is 17.4 Å². The van der Waals surface area contributed by atoms with Crippen LogP contribution < -0.4 is 16.8 Å². The first-order chi connectivity index (χ1) is 9.99. The predicted octanol–water partition coefficient (Wildman–Crippen LogP) is 1.21. The van der Waals surface area contributed by atoms with E-state index in [0.29, 0.717) is 24.5 Å². The van der Waals surface area contributed by atoms with E-state index < -0.39 is 11.9 Å². The van der Waals surface area contributed by atoms with Gasteiger partial charge < -0.3 is 21.5 Å². The summed E-state index contributed by atoms with van der Waals surface area (Å²) >= 11 is 0. The number of amides is 2. The summed E-state index contributed by atoms with van der Waals surface area (Å²) in [6, 6.07) is 4.42. The number of nitrogens with two attached hydrogens (primary N) is 2. The van der Waals surface area contributed by atoms with E-state index in [1.54, 1.807) is 25.1 Å². The van der Waals surface area contributed by atoms with Gasteiger partial charge in [0.1, 0.15) is 0 Å². The minimum Gasteiger partial charge on any atom is -0.381 e. The highest BCUT2D eigenvalue weighted by molar-refractivity contribution is 5.97. The Morgan fingerprint density at radius 1 is 1.32 bits per heavy atom. The van der Waals surface area contributed by atoms with Crippen LogP contribution in [-0.4, -0.2) is 31.1 Å². The molecule has 6 nitrogen and oxygen atoms in total. The highest BCUT2D eigenvalue weighted by atomic mass is 35.5. The Balaban J connectivity index is 0.00000242. The third-order valence-electron chi connectivity index (χ3n) is 3.84. The average Bonchev–Trinajstić information content (AvgIpc) is 2.47. The fraction of sp³-hybridized carbons (Fsp3) is 0.467. The third-order valence-corrected chi connectivity index (χ3v) is 3.84. The maximum atomic E-state index is 12.2. The Labute approximate surface area is 136 Å². The molecule has 0 bridgehead atoms. The topological polar surface area (TPSA) is 107 Å². The van der Waals surface area contributed by atoms with Gasteiger partial charge in [-0.15, -0.1) is 12.4 Å². The molecule has 2 amide bonds. The van der Waals surface area contributed by atoms with E-state index in [-0.39, 0.29) is 24.2 Å². The highest BCUT2D eigenvalue weighted by Gasteiger charge is 2.26. The van der Waals surface area contributed by atoms with Gasteiger partial charge in [0, 0.05) is 24.5 Å². The van der Waals surface area contributed by atoms with Crippen LogP contribution in [-0.2, 0) is 9.53 Å². The zero-order valence-electron chi connectivity index (χ0n) is 12.5. The molecule has 2 rings (SSSR count). The van der Waals surface area contributed by atoms with E-state index in [0.717, 1.165) is 18.4 Å². The van der Waals surface area contributed by atoms with Crippen molar-refractivity contribution in [2.75, 3.05) is 18.5 Å². The second-order valence-electron chi connectivity index (χ2n) is 5.36. The molecule has 0 radical (unpaired) electrons. The van der Waals surface area contributed by atoms with Gasteiger partial charge in [0.15, 0.2) is 0 Å². The molecule has 1 heterocycles. The maximum absolute atomic E-state index is 12.2. The van der Waals surface area contributed by atoms with E-state index >= 15 is 0 Å². The van der Waals surface area contributed by atoms with Gasteiger partial charge in [-0.3, -0.25) is 9.59 Å². The molecule has 122 valence electrons. The lowest BCUT2D eigenvalue weighted by atomic mass is 9.92. The van der Waals surface area contributed by atoms with Crippen LogP contribution in [0.25, 0.3) is 0 Å². The fourth-order valence-electron chi connectivity index (χ4n) is 2.53. The molecule has 1 aliphatic rings. The van der Waals surface area contributed by atoms with Crippen molar-refractivity contribution in [3.63, 3.8) is 0 Å². The molecule has 1 atom stereocenters. The van der Waals surface area contributed by atoms with Crippen LogP contribution in [0.5, 0.6) is 0 Å². The van der Waals surface area contributed by atoms with E-state index in [1.807, 2.05) is 0 Å². The van der Waals surface area contributed by atoms with Crippen molar-refractivity contribution in [2.45, 2.75) is 25.8 Å². The quantitative estimate of drug-likeness (QED) is 0.772. The van der Waals surface area contributed by atoms with Crippen LogP contribution in [0.3, 0.4) is 0 Å². The lowest BCUT2D eigenvalue weighted by Gasteiger charge is -2.26. The molecule has 0 aliphatic carbocycles. The lowest BCUT2D eigenvalue weighted by Crippen LogP contribution is -2.44. The largest absolute Gasteiger partial charge is 0.381 e. The summed E-state index contributed by atoms with van der Waals surface area (Å²) < 4.78 is 5.27. The molecule has 5 N–H and O–H groups in total. The van der Waals surface area contributed by atoms with Gasteiger partial charge in [-0.25, -0.2) is 0 Å². The van der Waals surface area contributed by atoms with Crippen LogP contribution in [0.15, 0.2) is 18.2 Å². The van der Waals surface area contributed by atoms with E-state index in [9.17, 15) is 9.59 Å². The standard InChI is InChI=1S/C15H21N3O3.ClH/c1-9-8-11(2-3-12(9)14(17)19)18-15(20)13(16)10-4-6-21-7-5-10;/h2-3,8,10,13H,4-7,16H2,1H3,(H2,17,19)(H,18,20);1H. The molecule has 22 heavy (non-hydrogen) atoms. The first-order valence-electron chi connectivity index (χ1n) is 7.03. The molecule has 1 aromatic carbocycles. The van der Waals surface area contributed by atoms with Crippen molar-refractivity contribution in [3.05, 3.63) is 29.3 Å². The molecule has 7 heteroatoms. The molecule has 1 fully saturated rings. The molecular formula is C15H22ClN3O3. The molecule has 1 aromatic rings. The molecule has 0 saturated carbocycles. The zero-order valence-corrected chi connectivity index (χ0v) is 13.3. The Morgan fingerprint density at radius 3 is 2.50 bits per heavy atom. The summed E-state index contributed by atoms with van der Waals surface area (Å²) in [5.41, 5.74) is 13.1. The smallest absolute Gasteiger partial charge is 0.248 e. The summed E-state index contributed by atoms with van der Waals surface area (Å²) in [4.78, 5) is 23.3. The summed E-state index contributed by atoms with van der Waals surface area (Å²) in [6.07, 6.45) is 1.60. The van der Waals surface area contributed by atoms with Gasteiger partial charge in [-0.1, -0.05) is 0 Å². The summed E-state index contributed by atoms with van der Waals surface area (Å²) in [5.74, 6) is -0.554.